The van der Waals surface area contributed by atoms with Crippen LogP contribution < -0.4 is 4.74 Å². The van der Waals surface area contributed by atoms with Crippen molar-refractivity contribution < 1.29 is 14.6 Å². The second-order valence-corrected chi connectivity index (χ2v) is 2.91. The van der Waals surface area contributed by atoms with Crippen LogP contribution in [0.25, 0.3) is 10.9 Å². The summed E-state index contributed by atoms with van der Waals surface area (Å²) in [4.78, 5) is 18.4. The van der Waals surface area contributed by atoms with Gasteiger partial charge in [0.1, 0.15) is 5.75 Å². The molecule has 0 bridgehead atoms. The maximum atomic E-state index is 10.6. The first-order chi connectivity index (χ1) is 7.24. The molecule has 0 saturated heterocycles. The molecule has 0 aliphatic heterocycles. The highest BCUT2D eigenvalue weighted by molar-refractivity contribution is 5.87. The predicted octanol–water partition coefficient (Wildman–Crippen LogP) is 1.16. The molecular formula is C10H8N2O3. The summed E-state index contributed by atoms with van der Waals surface area (Å²) in [5.41, 5.74) is 0.476. The largest absolute Gasteiger partial charge is 0.508 e. The van der Waals surface area contributed by atoms with Gasteiger partial charge in [-0.1, -0.05) is 0 Å². The van der Waals surface area contributed by atoms with Gasteiger partial charge in [0, 0.05) is 6.07 Å². The third kappa shape index (κ3) is 1.59. The van der Waals surface area contributed by atoms with Crippen molar-refractivity contribution in [3.05, 3.63) is 24.0 Å². The Morgan fingerprint density at radius 1 is 1.40 bits per heavy atom. The molecule has 0 spiro atoms. The molecule has 1 heterocycles. The molecule has 0 amide bonds. The van der Waals surface area contributed by atoms with Gasteiger partial charge in [0.2, 0.25) is 5.88 Å². The number of methoxy groups -OCH3 is 1. The van der Waals surface area contributed by atoms with E-state index in [4.69, 9.17) is 4.74 Å². The first kappa shape index (κ1) is 9.39. The lowest BCUT2D eigenvalue weighted by molar-refractivity contribution is 0.111. The van der Waals surface area contributed by atoms with E-state index in [9.17, 15) is 9.90 Å². The number of rotatable bonds is 2. The van der Waals surface area contributed by atoms with Crippen molar-refractivity contribution in [1.29, 1.82) is 0 Å². The van der Waals surface area contributed by atoms with Crippen LogP contribution in [0.3, 0.4) is 0 Å². The first-order valence-corrected chi connectivity index (χ1v) is 4.24. The lowest BCUT2D eigenvalue weighted by Gasteiger charge is -2.04. The summed E-state index contributed by atoms with van der Waals surface area (Å²) in [6, 6.07) is 4.60. The average molecular weight is 204 g/mol. The zero-order valence-electron chi connectivity index (χ0n) is 7.97. The number of aromatic nitrogens is 2. The zero-order valence-corrected chi connectivity index (χ0v) is 7.97. The molecule has 0 unspecified atom stereocenters. The highest BCUT2D eigenvalue weighted by atomic mass is 16.5. The van der Waals surface area contributed by atoms with Crippen LogP contribution in [0.2, 0.25) is 0 Å². The summed E-state index contributed by atoms with van der Waals surface area (Å²) in [6.45, 7) is 0. The number of aldehydes is 1. The Balaban J connectivity index is 2.80. The molecule has 2 aromatic rings. The standard InChI is InChI=1S/C10H8N2O3/c1-15-10-7-3-2-6(14)4-8(7)11-9(5-13)12-10/h2-5,14H,1H3. The molecule has 0 aliphatic rings. The normalized spacial score (nSPS) is 10.2. The van der Waals surface area contributed by atoms with Gasteiger partial charge in [-0.25, -0.2) is 4.98 Å². The number of fused-ring (bicyclic) bond motifs is 1. The number of carbonyl (C=O) groups excluding carboxylic acids is 1. The Morgan fingerprint density at radius 2 is 2.20 bits per heavy atom. The van der Waals surface area contributed by atoms with Gasteiger partial charge < -0.3 is 9.84 Å². The van der Waals surface area contributed by atoms with Gasteiger partial charge in [-0.05, 0) is 12.1 Å². The minimum absolute atomic E-state index is 0.0324. The van der Waals surface area contributed by atoms with Gasteiger partial charge in [0.25, 0.3) is 0 Å². The quantitative estimate of drug-likeness (QED) is 0.743. The number of carbonyl (C=O) groups is 1. The van der Waals surface area contributed by atoms with Crippen molar-refractivity contribution in [3.63, 3.8) is 0 Å². The maximum absolute atomic E-state index is 10.6. The fourth-order valence-electron chi connectivity index (χ4n) is 1.31. The van der Waals surface area contributed by atoms with Crippen LogP contribution >= 0.6 is 0 Å². The molecule has 1 N–H and O–H groups in total. The number of ether oxygens (including phenoxy) is 1. The highest BCUT2D eigenvalue weighted by Crippen LogP contribution is 2.24. The predicted molar refractivity (Wildman–Crippen MR) is 53.1 cm³/mol. The van der Waals surface area contributed by atoms with E-state index in [-0.39, 0.29) is 11.6 Å². The van der Waals surface area contributed by atoms with E-state index in [1.54, 1.807) is 6.07 Å². The first-order valence-electron chi connectivity index (χ1n) is 4.24. The maximum Gasteiger partial charge on any atom is 0.224 e. The second kappa shape index (κ2) is 3.53. The van der Waals surface area contributed by atoms with Gasteiger partial charge in [0.15, 0.2) is 12.1 Å². The Morgan fingerprint density at radius 3 is 2.87 bits per heavy atom. The Hall–Kier alpha value is -2.17. The summed E-state index contributed by atoms with van der Waals surface area (Å²) in [7, 11) is 1.46. The smallest absolute Gasteiger partial charge is 0.224 e. The van der Waals surface area contributed by atoms with E-state index in [0.29, 0.717) is 23.1 Å². The lowest BCUT2D eigenvalue weighted by atomic mass is 10.2. The van der Waals surface area contributed by atoms with Gasteiger partial charge in [-0.2, -0.15) is 4.98 Å². The van der Waals surface area contributed by atoms with E-state index in [1.807, 2.05) is 0 Å². The summed E-state index contributed by atoms with van der Waals surface area (Å²) in [5, 5.41) is 9.92. The number of phenolic OH excluding ortho intramolecular Hbond substituents is 1. The SMILES string of the molecule is COc1nc(C=O)nc2cc(O)ccc12. The summed E-state index contributed by atoms with van der Waals surface area (Å²) >= 11 is 0. The van der Waals surface area contributed by atoms with Crippen LogP contribution in [0.5, 0.6) is 11.6 Å². The third-order valence-electron chi connectivity index (χ3n) is 1.96. The highest BCUT2D eigenvalue weighted by Gasteiger charge is 2.07. The fraction of sp³-hybridized carbons (Fsp3) is 0.100. The molecule has 0 aliphatic carbocycles. The average Bonchev–Trinajstić information content (AvgIpc) is 2.26. The molecule has 0 atom stereocenters. The van der Waals surface area contributed by atoms with Crippen LogP contribution in [0.4, 0.5) is 0 Å². The van der Waals surface area contributed by atoms with Crippen molar-refractivity contribution in [2.24, 2.45) is 0 Å². The van der Waals surface area contributed by atoms with Crippen molar-refractivity contribution in [1.82, 2.24) is 9.97 Å². The molecule has 5 heteroatoms. The van der Waals surface area contributed by atoms with Crippen LogP contribution in [0.1, 0.15) is 10.6 Å². The van der Waals surface area contributed by atoms with Gasteiger partial charge in [-0.3, -0.25) is 4.79 Å². The van der Waals surface area contributed by atoms with Crippen LogP contribution in [-0.4, -0.2) is 28.5 Å². The molecule has 1 aromatic heterocycles. The van der Waals surface area contributed by atoms with E-state index in [0.717, 1.165) is 0 Å². The van der Waals surface area contributed by atoms with Crippen LogP contribution in [-0.2, 0) is 0 Å². The van der Waals surface area contributed by atoms with Crippen LogP contribution in [0.15, 0.2) is 18.2 Å². The lowest BCUT2D eigenvalue weighted by Crippen LogP contribution is -1.97. The monoisotopic (exact) mass is 204 g/mol. The van der Waals surface area contributed by atoms with Crippen molar-refractivity contribution in [2.45, 2.75) is 0 Å². The fourth-order valence-corrected chi connectivity index (χ4v) is 1.31. The van der Waals surface area contributed by atoms with Crippen molar-refractivity contribution in [2.75, 3.05) is 7.11 Å². The molecule has 5 nitrogen and oxygen atoms in total. The molecule has 76 valence electrons. The van der Waals surface area contributed by atoms with E-state index < -0.39 is 0 Å². The molecule has 1 aromatic carbocycles. The minimum atomic E-state index is 0.0324. The van der Waals surface area contributed by atoms with Crippen molar-refractivity contribution in [3.8, 4) is 11.6 Å². The van der Waals surface area contributed by atoms with Gasteiger partial charge >= 0.3 is 0 Å². The van der Waals surface area contributed by atoms with Gasteiger partial charge in [0.05, 0.1) is 18.0 Å². The number of phenols is 1. The number of nitrogens with zero attached hydrogens (tertiary/aromatic N) is 2. The van der Waals surface area contributed by atoms with E-state index >= 15 is 0 Å². The molecule has 0 saturated carbocycles. The number of hydrogen-bond donors (Lipinski definition) is 1. The number of hydrogen-bond acceptors (Lipinski definition) is 5. The molecular weight excluding hydrogens is 196 g/mol. The Kier molecular flexibility index (Phi) is 2.21. The number of benzene rings is 1. The Bertz CT molecular complexity index is 525. The molecule has 15 heavy (non-hydrogen) atoms. The second-order valence-electron chi connectivity index (χ2n) is 2.91. The number of aromatic hydroxyl groups is 1. The zero-order chi connectivity index (χ0) is 10.8. The molecule has 0 radical (unpaired) electrons. The van der Waals surface area contributed by atoms with Crippen LogP contribution in [0, 0.1) is 0 Å². The minimum Gasteiger partial charge on any atom is -0.508 e. The molecule has 2 rings (SSSR count). The molecule has 0 fully saturated rings. The van der Waals surface area contributed by atoms with Gasteiger partial charge in [-0.15, -0.1) is 0 Å². The third-order valence-corrected chi connectivity index (χ3v) is 1.96. The summed E-state index contributed by atoms with van der Waals surface area (Å²) in [5.74, 6) is 0.437. The summed E-state index contributed by atoms with van der Waals surface area (Å²) < 4.78 is 5.02. The topological polar surface area (TPSA) is 72.3 Å². The van der Waals surface area contributed by atoms with E-state index in [1.165, 1.54) is 19.2 Å². The van der Waals surface area contributed by atoms with E-state index in [2.05, 4.69) is 9.97 Å². The Labute approximate surface area is 85.4 Å². The summed E-state index contributed by atoms with van der Waals surface area (Å²) in [6.07, 6.45) is 0.534. The van der Waals surface area contributed by atoms with Crippen molar-refractivity contribution >= 4 is 17.2 Å².